The Morgan fingerprint density at radius 2 is 1.71 bits per heavy atom. The third-order valence-corrected chi connectivity index (χ3v) is 5.40. The first-order valence-corrected chi connectivity index (χ1v) is 10.4. The summed E-state index contributed by atoms with van der Waals surface area (Å²) in [5.74, 6) is -0.115. The second-order valence-corrected chi connectivity index (χ2v) is 8.11. The number of nitrogens with zero attached hydrogens (tertiary/aromatic N) is 2. The molecule has 0 radical (unpaired) electrons. The standard InChI is InChI=1S/C20H21IN4O2S/c1-14(26)24-9-11-25(12-10-24)18-7-5-17(6-8-18)22-20(28)23-19(27)15-3-2-4-16(21)13-15/h2-8,13H,9-12H2,1H3,(H2,22,23,27,28). The molecule has 146 valence electrons. The summed E-state index contributed by atoms with van der Waals surface area (Å²) in [6.45, 7) is 4.72. The summed E-state index contributed by atoms with van der Waals surface area (Å²) in [5.41, 5.74) is 2.47. The highest BCUT2D eigenvalue weighted by molar-refractivity contribution is 14.1. The van der Waals surface area contributed by atoms with Crippen LogP contribution in [0.4, 0.5) is 11.4 Å². The molecule has 1 aliphatic rings. The van der Waals surface area contributed by atoms with Gasteiger partial charge < -0.3 is 15.1 Å². The van der Waals surface area contributed by atoms with Crippen LogP contribution in [0.3, 0.4) is 0 Å². The Bertz CT molecular complexity index is 880. The number of carbonyl (C=O) groups excluding carboxylic acids is 2. The van der Waals surface area contributed by atoms with Crippen molar-refractivity contribution in [1.29, 1.82) is 0 Å². The van der Waals surface area contributed by atoms with E-state index in [-0.39, 0.29) is 16.9 Å². The van der Waals surface area contributed by atoms with Crippen molar-refractivity contribution >= 4 is 63.1 Å². The zero-order chi connectivity index (χ0) is 20.1. The minimum absolute atomic E-state index is 0.125. The number of halogens is 1. The van der Waals surface area contributed by atoms with E-state index < -0.39 is 0 Å². The first-order chi connectivity index (χ1) is 13.4. The van der Waals surface area contributed by atoms with E-state index in [9.17, 15) is 9.59 Å². The normalized spacial score (nSPS) is 13.8. The summed E-state index contributed by atoms with van der Waals surface area (Å²) in [6.07, 6.45) is 0. The average Bonchev–Trinajstić information content (AvgIpc) is 2.68. The summed E-state index contributed by atoms with van der Waals surface area (Å²) < 4.78 is 0.990. The van der Waals surface area contributed by atoms with E-state index in [4.69, 9.17) is 12.2 Å². The van der Waals surface area contributed by atoms with E-state index >= 15 is 0 Å². The first kappa shape index (κ1) is 20.5. The number of thiocarbonyl (C=S) groups is 1. The van der Waals surface area contributed by atoms with Gasteiger partial charge in [0.15, 0.2) is 5.11 Å². The topological polar surface area (TPSA) is 64.7 Å². The van der Waals surface area contributed by atoms with Crippen LogP contribution in [0.2, 0.25) is 0 Å². The molecule has 2 N–H and O–H groups in total. The molecule has 2 aromatic rings. The number of carbonyl (C=O) groups is 2. The van der Waals surface area contributed by atoms with Gasteiger partial charge in [-0.1, -0.05) is 6.07 Å². The van der Waals surface area contributed by atoms with Crippen molar-refractivity contribution in [3.8, 4) is 0 Å². The van der Waals surface area contributed by atoms with Crippen molar-refractivity contribution in [1.82, 2.24) is 10.2 Å². The Morgan fingerprint density at radius 3 is 2.32 bits per heavy atom. The lowest BCUT2D eigenvalue weighted by molar-refractivity contribution is -0.129. The second-order valence-electron chi connectivity index (χ2n) is 6.46. The Balaban J connectivity index is 1.53. The molecule has 1 aliphatic heterocycles. The maximum Gasteiger partial charge on any atom is 0.257 e. The van der Waals surface area contributed by atoms with Crippen LogP contribution in [0.5, 0.6) is 0 Å². The van der Waals surface area contributed by atoms with Crippen LogP contribution in [-0.2, 0) is 4.79 Å². The monoisotopic (exact) mass is 508 g/mol. The lowest BCUT2D eigenvalue weighted by Crippen LogP contribution is -2.48. The molecular weight excluding hydrogens is 487 g/mol. The van der Waals surface area contributed by atoms with E-state index in [0.29, 0.717) is 5.56 Å². The van der Waals surface area contributed by atoms with Crippen molar-refractivity contribution in [2.45, 2.75) is 6.92 Å². The highest BCUT2D eigenvalue weighted by Gasteiger charge is 2.18. The van der Waals surface area contributed by atoms with Gasteiger partial charge in [-0.2, -0.15) is 0 Å². The second kappa shape index (κ2) is 9.33. The first-order valence-electron chi connectivity index (χ1n) is 8.91. The Kier molecular flexibility index (Phi) is 6.84. The van der Waals surface area contributed by atoms with Crippen LogP contribution in [0.1, 0.15) is 17.3 Å². The quantitative estimate of drug-likeness (QED) is 0.493. The SMILES string of the molecule is CC(=O)N1CCN(c2ccc(NC(=S)NC(=O)c3cccc(I)c3)cc2)CC1. The predicted octanol–water partition coefficient (Wildman–Crippen LogP) is 3.09. The molecule has 0 spiro atoms. The van der Waals surface area contributed by atoms with Crippen LogP contribution in [-0.4, -0.2) is 48.0 Å². The van der Waals surface area contributed by atoms with Crippen molar-refractivity contribution in [3.63, 3.8) is 0 Å². The highest BCUT2D eigenvalue weighted by atomic mass is 127. The largest absolute Gasteiger partial charge is 0.368 e. The van der Waals surface area contributed by atoms with Gasteiger partial charge in [0.2, 0.25) is 5.91 Å². The third kappa shape index (κ3) is 5.41. The summed E-state index contributed by atoms with van der Waals surface area (Å²) in [6, 6.07) is 15.2. The molecule has 0 saturated carbocycles. The van der Waals surface area contributed by atoms with Crippen molar-refractivity contribution < 1.29 is 9.59 Å². The van der Waals surface area contributed by atoms with Gasteiger partial charge in [-0.25, -0.2) is 0 Å². The fourth-order valence-electron chi connectivity index (χ4n) is 3.00. The van der Waals surface area contributed by atoms with Gasteiger partial charge in [-0.15, -0.1) is 0 Å². The predicted molar refractivity (Wildman–Crippen MR) is 124 cm³/mol. The van der Waals surface area contributed by atoms with Gasteiger partial charge in [-0.05, 0) is 77.3 Å². The Labute approximate surface area is 183 Å². The smallest absolute Gasteiger partial charge is 0.257 e. The summed E-state index contributed by atoms with van der Waals surface area (Å²) in [5, 5.41) is 5.99. The van der Waals surface area contributed by atoms with Gasteiger partial charge in [0, 0.05) is 53.6 Å². The molecule has 0 aliphatic carbocycles. The van der Waals surface area contributed by atoms with E-state index in [1.54, 1.807) is 19.1 Å². The molecule has 1 heterocycles. The summed E-state index contributed by atoms with van der Waals surface area (Å²) in [4.78, 5) is 27.8. The zero-order valence-corrected chi connectivity index (χ0v) is 18.4. The van der Waals surface area contributed by atoms with Crippen LogP contribution < -0.4 is 15.5 Å². The molecule has 28 heavy (non-hydrogen) atoms. The van der Waals surface area contributed by atoms with Gasteiger partial charge in [0.25, 0.3) is 5.91 Å². The maximum atomic E-state index is 12.3. The third-order valence-electron chi connectivity index (χ3n) is 4.53. The number of hydrogen-bond acceptors (Lipinski definition) is 4. The zero-order valence-electron chi connectivity index (χ0n) is 15.4. The number of amides is 2. The molecule has 3 rings (SSSR count). The minimum Gasteiger partial charge on any atom is -0.368 e. The lowest BCUT2D eigenvalue weighted by atomic mass is 10.2. The van der Waals surface area contributed by atoms with Crippen molar-refractivity contribution in [3.05, 3.63) is 57.7 Å². The maximum absolute atomic E-state index is 12.3. The fourth-order valence-corrected chi connectivity index (χ4v) is 3.76. The number of rotatable bonds is 3. The molecule has 0 atom stereocenters. The van der Waals surface area contributed by atoms with Crippen LogP contribution in [0.25, 0.3) is 0 Å². The molecule has 0 aromatic heterocycles. The molecule has 0 bridgehead atoms. The highest BCUT2D eigenvalue weighted by Crippen LogP contribution is 2.19. The van der Waals surface area contributed by atoms with Crippen LogP contribution in [0.15, 0.2) is 48.5 Å². The van der Waals surface area contributed by atoms with Gasteiger partial charge in [0.1, 0.15) is 0 Å². The summed E-state index contributed by atoms with van der Waals surface area (Å²) >= 11 is 7.41. The van der Waals surface area contributed by atoms with Gasteiger partial charge in [-0.3, -0.25) is 14.9 Å². The van der Waals surface area contributed by atoms with E-state index in [2.05, 4.69) is 38.1 Å². The van der Waals surface area contributed by atoms with Crippen LogP contribution >= 0.6 is 34.8 Å². The number of nitrogens with one attached hydrogen (secondary N) is 2. The van der Waals surface area contributed by atoms with E-state index in [0.717, 1.165) is 41.1 Å². The molecule has 1 saturated heterocycles. The number of hydrogen-bond donors (Lipinski definition) is 2. The minimum atomic E-state index is -0.240. The fraction of sp³-hybridized carbons (Fsp3) is 0.250. The number of piperazine rings is 1. The molecule has 8 heteroatoms. The molecular formula is C20H21IN4O2S. The number of anilines is 2. The van der Waals surface area contributed by atoms with E-state index in [1.807, 2.05) is 41.3 Å². The molecule has 0 unspecified atom stereocenters. The molecule has 1 fully saturated rings. The van der Waals surface area contributed by atoms with Gasteiger partial charge in [0.05, 0.1) is 0 Å². The van der Waals surface area contributed by atoms with Gasteiger partial charge >= 0.3 is 0 Å². The average molecular weight is 508 g/mol. The Morgan fingerprint density at radius 1 is 1.04 bits per heavy atom. The Hall–Kier alpha value is -2.20. The molecule has 6 nitrogen and oxygen atoms in total. The molecule has 2 amide bonds. The lowest BCUT2D eigenvalue weighted by Gasteiger charge is -2.35. The van der Waals surface area contributed by atoms with Crippen LogP contribution in [0, 0.1) is 3.57 Å². The van der Waals surface area contributed by atoms with Crippen molar-refractivity contribution in [2.75, 3.05) is 36.4 Å². The molecule has 2 aromatic carbocycles. The number of benzene rings is 2. The van der Waals surface area contributed by atoms with E-state index in [1.165, 1.54) is 0 Å². The van der Waals surface area contributed by atoms with Crippen molar-refractivity contribution in [2.24, 2.45) is 0 Å². The summed E-state index contributed by atoms with van der Waals surface area (Å²) in [7, 11) is 0.